The zero-order valence-corrected chi connectivity index (χ0v) is 10.7. The number of rotatable bonds is 2. The first-order valence-electron chi connectivity index (χ1n) is 5.92. The molecule has 1 saturated heterocycles. The number of hydrogen-bond donors (Lipinski definition) is 0. The van der Waals surface area contributed by atoms with E-state index in [9.17, 15) is 4.79 Å². The van der Waals surface area contributed by atoms with Crippen LogP contribution in [0.5, 0.6) is 0 Å². The molecule has 1 aromatic heterocycles. The van der Waals surface area contributed by atoms with Crippen LogP contribution >= 0.6 is 11.8 Å². The van der Waals surface area contributed by atoms with E-state index in [1.165, 1.54) is 0 Å². The highest BCUT2D eigenvalue weighted by molar-refractivity contribution is 7.99. The normalized spacial score (nSPS) is 19.9. The van der Waals surface area contributed by atoms with E-state index in [0.29, 0.717) is 6.61 Å². The Balaban J connectivity index is 2.00. The summed E-state index contributed by atoms with van der Waals surface area (Å²) in [5, 5.41) is 1.95. The summed E-state index contributed by atoms with van der Waals surface area (Å²) in [6, 6.07) is 7.62. The summed E-state index contributed by atoms with van der Waals surface area (Å²) < 4.78 is 5.56. The number of ketones is 1. The third-order valence-corrected chi connectivity index (χ3v) is 4.05. The highest BCUT2D eigenvalue weighted by atomic mass is 32.2. The number of benzene rings is 1. The molecule has 2 heterocycles. The van der Waals surface area contributed by atoms with E-state index in [-0.39, 0.29) is 11.9 Å². The van der Waals surface area contributed by atoms with Crippen molar-refractivity contribution in [2.24, 2.45) is 0 Å². The number of carbonyl (C=O) groups excluding carboxylic acids is 1. The van der Waals surface area contributed by atoms with Crippen LogP contribution in [0.3, 0.4) is 0 Å². The molecule has 0 bridgehead atoms. The number of hydrogen-bond acceptors (Lipinski definition) is 4. The van der Waals surface area contributed by atoms with Crippen LogP contribution in [0.1, 0.15) is 10.4 Å². The average molecular weight is 259 g/mol. The molecule has 0 radical (unpaired) electrons. The Morgan fingerprint density at radius 3 is 3.17 bits per heavy atom. The maximum atomic E-state index is 12.5. The summed E-state index contributed by atoms with van der Waals surface area (Å²) in [4.78, 5) is 16.5. The molecule has 0 amide bonds. The van der Waals surface area contributed by atoms with Gasteiger partial charge in [-0.1, -0.05) is 18.2 Å². The van der Waals surface area contributed by atoms with Gasteiger partial charge in [0, 0.05) is 34.8 Å². The van der Waals surface area contributed by atoms with Gasteiger partial charge in [-0.05, 0) is 11.5 Å². The van der Waals surface area contributed by atoms with Crippen molar-refractivity contribution in [3.05, 3.63) is 42.2 Å². The number of ether oxygens (including phenoxy) is 1. The monoisotopic (exact) mass is 259 g/mol. The maximum absolute atomic E-state index is 12.5. The van der Waals surface area contributed by atoms with Gasteiger partial charge in [-0.3, -0.25) is 9.78 Å². The van der Waals surface area contributed by atoms with Gasteiger partial charge >= 0.3 is 0 Å². The van der Waals surface area contributed by atoms with E-state index in [1.807, 2.05) is 24.3 Å². The van der Waals surface area contributed by atoms with Gasteiger partial charge in [0.15, 0.2) is 5.78 Å². The van der Waals surface area contributed by atoms with Crippen molar-refractivity contribution >= 4 is 28.3 Å². The van der Waals surface area contributed by atoms with Gasteiger partial charge in [-0.2, -0.15) is 11.8 Å². The molecule has 0 spiro atoms. The zero-order chi connectivity index (χ0) is 12.4. The molecule has 0 saturated carbocycles. The second kappa shape index (κ2) is 5.08. The predicted molar refractivity (Wildman–Crippen MR) is 73.1 cm³/mol. The van der Waals surface area contributed by atoms with Crippen molar-refractivity contribution in [2.75, 3.05) is 18.1 Å². The van der Waals surface area contributed by atoms with Gasteiger partial charge in [0.25, 0.3) is 0 Å². The number of fused-ring (bicyclic) bond motifs is 1. The second-order valence-electron chi connectivity index (χ2n) is 4.20. The zero-order valence-electron chi connectivity index (χ0n) is 9.83. The van der Waals surface area contributed by atoms with Crippen molar-refractivity contribution in [1.29, 1.82) is 0 Å². The van der Waals surface area contributed by atoms with Crippen molar-refractivity contribution in [2.45, 2.75) is 6.10 Å². The Hall–Kier alpha value is -1.39. The highest BCUT2D eigenvalue weighted by Crippen LogP contribution is 2.22. The highest BCUT2D eigenvalue weighted by Gasteiger charge is 2.24. The molecule has 3 nitrogen and oxygen atoms in total. The number of carbonyl (C=O) groups is 1. The molecule has 18 heavy (non-hydrogen) atoms. The molecule has 1 fully saturated rings. The molecule has 3 rings (SSSR count). The minimum Gasteiger partial charge on any atom is -0.368 e. The number of nitrogens with zero attached hydrogens (tertiary/aromatic N) is 1. The van der Waals surface area contributed by atoms with Gasteiger partial charge in [0.2, 0.25) is 0 Å². The fraction of sp³-hybridized carbons (Fsp3) is 0.286. The summed E-state index contributed by atoms with van der Waals surface area (Å²) in [5.74, 6) is 1.81. The first-order chi connectivity index (χ1) is 8.86. The molecule has 1 aliphatic heterocycles. The standard InChI is InChI=1S/C14H13NO2S/c16-14(13-9-18-7-6-17-13)12-3-1-2-10-8-15-5-4-11(10)12/h1-5,8,13H,6-7,9H2. The molecular weight excluding hydrogens is 246 g/mol. The van der Waals surface area contributed by atoms with Crippen LogP contribution in [-0.2, 0) is 4.74 Å². The lowest BCUT2D eigenvalue weighted by molar-refractivity contribution is 0.0520. The molecule has 92 valence electrons. The fourth-order valence-electron chi connectivity index (χ4n) is 2.15. The topological polar surface area (TPSA) is 39.2 Å². The molecule has 1 unspecified atom stereocenters. The number of aromatic nitrogens is 1. The van der Waals surface area contributed by atoms with Gasteiger partial charge < -0.3 is 4.74 Å². The minimum absolute atomic E-state index is 0.0824. The summed E-state index contributed by atoms with van der Waals surface area (Å²) in [7, 11) is 0. The van der Waals surface area contributed by atoms with Crippen LogP contribution in [-0.4, -0.2) is 35.0 Å². The molecular formula is C14H13NO2S. The van der Waals surface area contributed by atoms with E-state index in [1.54, 1.807) is 24.2 Å². The number of pyridine rings is 1. The van der Waals surface area contributed by atoms with E-state index < -0.39 is 0 Å². The smallest absolute Gasteiger partial charge is 0.193 e. The van der Waals surface area contributed by atoms with Crippen LogP contribution in [0, 0.1) is 0 Å². The van der Waals surface area contributed by atoms with Crippen LogP contribution in [0.15, 0.2) is 36.7 Å². The lowest BCUT2D eigenvalue weighted by Gasteiger charge is -2.21. The van der Waals surface area contributed by atoms with E-state index >= 15 is 0 Å². The second-order valence-corrected chi connectivity index (χ2v) is 5.35. The van der Waals surface area contributed by atoms with Crippen molar-refractivity contribution in [3.63, 3.8) is 0 Å². The van der Waals surface area contributed by atoms with Crippen molar-refractivity contribution in [3.8, 4) is 0 Å². The summed E-state index contributed by atoms with van der Waals surface area (Å²) in [5.41, 5.74) is 0.738. The van der Waals surface area contributed by atoms with Gasteiger partial charge in [0.1, 0.15) is 6.10 Å². The fourth-order valence-corrected chi connectivity index (χ4v) is 2.99. The van der Waals surface area contributed by atoms with Crippen LogP contribution in [0.2, 0.25) is 0 Å². The van der Waals surface area contributed by atoms with Gasteiger partial charge in [-0.25, -0.2) is 0 Å². The summed E-state index contributed by atoms with van der Waals surface area (Å²) >= 11 is 1.77. The number of thioether (sulfide) groups is 1. The molecule has 2 aromatic rings. The quantitative estimate of drug-likeness (QED) is 0.777. The van der Waals surface area contributed by atoms with Crippen LogP contribution in [0.4, 0.5) is 0 Å². The molecule has 1 aromatic carbocycles. The Morgan fingerprint density at radius 1 is 1.39 bits per heavy atom. The molecule has 4 heteroatoms. The molecule has 1 atom stereocenters. The summed E-state index contributed by atoms with van der Waals surface area (Å²) in [6.07, 6.45) is 3.19. The third kappa shape index (κ3) is 2.13. The Bertz CT molecular complexity index is 574. The first kappa shape index (κ1) is 11.7. The average Bonchev–Trinajstić information content (AvgIpc) is 2.47. The van der Waals surface area contributed by atoms with Crippen molar-refractivity contribution < 1.29 is 9.53 Å². The molecule has 0 N–H and O–H groups in total. The maximum Gasteiger partial charge on any atom is 0.193 e. The van der Waals surface area contributed by atoms with E-state index in [4.69, 9.17) is 4.74 Å². The predicted octanol–water partition coefficient (Wildman–Crippen LogP) is 2.55. The van der Waals surface area contributed by atoms with Gasteiger partial charge in [0.05, 0.1) is 6.61 Å². The largest absolute Gasteiger partial charge is 0.368 e. The van der Waals surface area contributed by atoms with Crippen molar-refractivity contribution in [1.82, 2.24) is 4.98 Å². The van der Waals surface area contributed by atoms with E-state index in [0.717, 1.165) is 27.8 Å². The molecule has 0 aliphatic carbocycles. The number of Topliss-reactive ketones (excluding diaryl/α,β-unsaturated/α-hetero) is 1. The Morgan fingerprint density at radius 2 is 2.33 bits per heavy atom. The van der Waals surface area contributed by atoms with E-state index in [2.05, 4.69) is 4.98 Å². The lowest BCUT2D eigenvalue weighted by Crippen LogP contribution is -2.31. The first-order valence-corrected chi connectivity index (χ1v) is 7.08. The Kier molecular flexibility index (Phi) is 3.30. The third-order valence-electron chi connectivity index (χ3n) is 3.05. The van der Waals surface area contributed by atoms with Crippen LogP contribution in [0.25, 0.3) is 10.8 Å². The SMILES string of the molecule is O=C(c1cccc2cnccc12)C1CSCCO1. The lowest BCUT2D eigenvalue weighted by atomic mass is 10.0. The van der Waals surface area contributed by atoms with Crippen LogP contribution < -0.4 is 0 Å². The summed E-state index contributed by atoms with van der Waals surface area (Å²) in [6.45, 7) is 0.660. The molecule has 1 aliphatic rings. The Labute approximate surface area is 110 Å². The minimum atomic E-state index is -0.303. The van der Waals surface area contributed by atoms with Gasteiger partial charge in [-0.15, -0.1) is 0 Å².